The number of carbonyl (C=O) groups excluding carboxylic acids is 1. The molecule has 1 N–H and O–H groups in total. The van der Waals surface area contributed by atoms with Crippen molar-refractivity contribution in [2.75, 3.05) is 13.2 Å². The molecule has 0 aliphatic rings. The Morgan fingerprint density at radius 1 is 1.09 bits per heavy atom. The van der Waals surface area contributed by atoms with E-state index in [2.05, 4.69) is 21.2 Å². The summed E-state index contributed by atoms with van der Waals surface area (Å²) < 4.78 is 34.5. The van der Waals surface area contributed by atoms with Crippen LogP contribution in [0.1, 0.15) is 31.0 Å². The summed E-state index contributed by atoms with van der Waals surface area (Å²) in [6, 6.07) is 20.7. The van der Waals surface area contributed by atoms with Crippen LogP contribution in [0.15, 0.2) is 82.2 Å². The van der Waals surface area contributed by atoms with Crippen molar-refractivity contribution >= 4 is 43.5 Å². The highest BCUT2D eigenvalue weighted by Crippen LogP contribution is 2.29. The van der Waals surface area contributed by atoms with Crippen LogP contribution in [0.4, 0.5) is 0 Å². The summed E-state index contributed by atoms with van der Waals surface area (Å²) in [5.74, 6) is -0.0117. The van der Waals surface area contributed by atoms with E-state index >= 15 is 0 Å². The molecule has 1 amide bonds. The molecule has 0 fully saturated rings. The van der Waals surface area contributed by atoms with Crippen molar-refractivity contribution in [2.24, 2.45) is 0 Å². The molecule has 6 nitrogen and oxygen atoms in total. The molecule has 34 heavy (non-hydrogen) atoms. The van der Waals surface area contributed by atoms with Crippen molar-refractivity contribution < 1.29 is 17.9 Å². The molecule has 9 heteroatoms. The predicted octanol–water partition coefficient (Wildman–Crippen LogP) is 5.57. The lowest BCUT2D eigenvalue weighted by Gasteiger charge is -2.23. The Balaban J connectivity index is 1.85. The second-order valence-electron chi connectivity index (χ2n) is 7.63. The van der Waals surface area contributed by atoms with Gasteiger partial charge in [0.15, 0.2) is 0 Å². The Bertz CT molecular complexity index is 1240. The van der Waals surface area contributed by atoms with Gasteiger partial charge in [0.05, 0.1) is 29.1 Å². The van der Waals surface area contributed by atoms with Gasteiger partial charge >= 0.3 is 0 Å². The number of ether oxygens (including phenoxy) is 1. The smallest absolute Gasteiger partial charge is 0.243 e. The van der Waals surface area contributed by atoms with E-state index in [4.69, 9.17) is 16.3 Å². The van der Waals surface area contributed by atoms with Crippen LogP contribution < -0.4 is 10.1 Å². The molecule has 0 aliphatic carbocycles. The highest BCUT2D eigenvalue weighted by Gasteiger charge is 2.28. The molecule has 0 saturated heterocycles. The van der Waals surface area contributed by atoms with Crippen molar-refractivity contribution in [2.45, 2.75) is 31.3 Å². The first-order valence-corrected chi connectivity index (χ1v) is 13.3. The van der Waals surface area contributed by atoms with Gasteiger partial charge in [0.25, 0.3) is 0 Å². The molecule has 0 bridgehead atoms. The summed E-state index contributed by atoms with van der Waals surface area (Å²) in [5.41, 5.74) is 1.66. The fourth-order valence-electron chi connectivity index (χ4n) is 3.38. The molecule has 0 heterocycles. The number of halogens is 2. The Morgan fingerprint density at radius 2 is 1.82 bits per heavy atom. The molecule has 0 aliphatic heterocycles. The Kier molecular flexibility index (Phi) is 9.13. The molecule has 0 radical (unpaired) electrons. The van der Waals surface area contributed by atoms with Crippen molar-refractivity contribution in [1.29, 1.82) is 0 Å². The summed E-state index contributed by atoms with van der Waals surface area (Å²) in [6.07, 6.45) is 0. The molecule has 3 aromatic rings. The van der Waals surface area contributed by atoms with E-state index in [1.807, 2.05) is 68.4 Å². The zero-order valence-corrected chi connectivity index (χ0v) is 22.0. The molecular formula is C25H26BrClN2O4S. The average Bonchev–Trinajstić information content (AvgIpc) is 2.80. The molecule has 180 valence electrons. The Labute approximate surface area is 214 Å². The maximum Gasteiger partial charge on any atom is 0.243 e. The van der Waals surface area contributed by atoms with E-state index in [-0.39, 0.29) is 29.0 Å². The maximum atomic E-state index is 13.5. The van der Waals surface area contributed by atoms with E-state index in [1.165, 1.54) is 18.2 Å². The number of benzene rings is 3. The normalized spacial score (nSPS) is 12.4. The first kappa shape index (κ1) is 26.2. The van der Waals surface area contributed by atoms with Crippen LogP contribution in [-0.2, 0) is 21.4 Å². The van der Waals surface area contributed by atoms with Crippen molar-refractivity contribution in [3.63, 3.8) is 0 Å². The topological polar surface area (TPSA) is 75.7 Å². The minimum absolute atomic E-state index is 0.00952. The quantitative estimate of drug-likeness (QED) is 0.349. The van der Waals surface area contributed by atoms with Gasteiger partial charge < -0.3 is 10.1 Å². The third-order valence-electron chi connectivity index (χ3n) is 5.09. The van der Waals surface area contributed by atoms with E-state index in [1.54, 1.807) is 0 Å². The fourth-order valence-corrected chi connectivity index (χ4v) is 5.51. The fraction of sp³-hybridized carbons (Fsp3) is 0.240. The lowest BCUT2D eigenvalue weighted by atomic mass is 10.1. The van der Waals surface area contributed by atoms with Gasteiger partial charge in [-0.3, -0.25) is 4.79 Å². The van der Waals surface area contributed by atoms with E-state index < -0.39 is 15.9 Å². The van der Waals surface area contributed by atoms with E-state index in [0.717, 1.165) is 19.9 Å². The number of nitrogens with zero attached hydrogens (tertiary/aromatic N) is 1. The Morgan fingerprint density at radius 3 is 2.47 bits per heavy atom. The second kappa shape index (κ2) is 11.8. The zero-order chi connectivity index (χ0) is 24.7. The third kappa shape index (κ3) is 6.82. The molecule has 0 spiro atoms. The summed E-state index contributed by atoms with van der Waals surface area (Å²) in [4.78, 5) is 12.9. The lowest BCUT2D eigenvalue weighted by Crippen LogP contribution is -2.41. The maximum absolute atomic E-state index is 13.5. The van der Waals surface area contributed by atoms with Crippen LogP contribution in [-0.4, -0.2) is 31.8 Å². The molecular weight excluding hydrogens is 540 g/mol. The number of carbonyl (C=O) groups is 1. The SMILES string of the molecule is CCOc1ccc(S(=O)(=O)N(CC(=O)N[C@H](C)c2cccc(Br)c2)Cc2ccccc2)cc1Cl. The molecule has 0 aromatic heterocycles. The van der Waals surface area contributed by atoms with Gasteiger partial charge in [0.1, 0.15) is 5.75 Å². The molecule has 3 rings (SSSR count). The number of hydrogen-bond donors (Lipinski definition) is 1. The number of nitrogens with one attached hydrogen (secondary N) is 1. The summed E-state index contributed by atoms with van der Waals surface area (Å²) in [5, 5.41) is 3.08. The second-order valence-corrected chi connectivity index (χ2v) is 10.9. The molecule has 3 aromatic carbocycles. The van der Waals surface area contributed by atoms with Crippen LogP contribution in [0.25, 0.3) is 0 Å². The first-order chi connectivity index (χ1) is 16.2. The van der Waals surface area contributed by atoms with Gasteiger partial charge in [0.2, 0.25) is 15.9 Å². The summed E-state index contributed by atoms with van der Waals surface area (Å²) >= 11 is 9.67. The zero-order valence-electron chi connectivity index (χ0n) is 18.9. The average molecular weight is 566 g/mol. The van der Waals surface area contributed by atoms with Crippen LogP contribution >= 0.6 is 27.5 Å². The standard InChI is InChI=1S/C25H26BrClN2O4S/c1-3-33-24-13-12-22(15-23(24)27)34(31,32)29(16-19-8-5-4-6-9-19)17-25(30)28-18(2)20-10-7-11-21(26)14-20/h4-15,18H,3,16-17H2,1-2H3,(H,28,30)/t18-/m1/s1. The van der Waals surface area contributed by atoms with Crippen LogP contribution in [0.5, 0.6) is 5.75 Å². The van der Waals surface area contributed by atoms with Crippen LogP contribution in [0.2, 0.25) is 5.02 Å². The minimum atomic E-state index is -4.03. The molecule has 0 saturated carbocycles. The van der Waals surface area contributed by atoms with Gasteiger partial charge in [-0.15, -0.1) is 0 Å². The third-order valence-corrected chi connectivity index (χ3v) is 7.67. The van der Waals surface area contributed by atoms with Crippen molar-refractivity contribution in [3.8, 4) is 5.75 Å². The van der Waals surface area contributed by atoms with E-state index in [9.17, 15) is 13.2 Å². The van der Waals surface area contributed by atoms with Crippen molar-refractivity contribution in [3.05, 3.63) is 93.4 Å². The van der Waals surface area contributed by atoms with Gasteiger partial charge in [-0.25, -0.2) is 8.42 Å². The summed E-state index contributed by atoms with van der Waals surface area (Å²) in [7, 11) is -4.03. The molecule has 0 unspecified atom stereocenters. The van der Waals surface area contributed by atoms with Gasteiger partial charge in [-0.05, 0) is 55.3 Å². The molecule has 1 atom stereocenters. The van der Waals surface area contributed by atoms with Gasteiger partial charge in [-0.2, -0.15) is 4.31 Å². The lowest BCUT2D eigenvalue weighted by molar-refractivity contribution is -0.122. The van der Waals surface area contributed by atoms with Gasteiger partial charge in [0, 0.05) is 11.0 Å². The number of rotatable bonds is 10. The van der Waals surface area contributed by atoms with Crippen molar-refractivity contribution in [1.82, 2.24) is 9.62 Å². The Hall–Kier alpha value is -2.39. The summed E-state index contributed by atoms with van der Waals surface area (Å²) in [6.45, 7) is 3.76. The number of sulfonamides is 1. The van der Waals surface area contributed by atoms with Gasteiger partial charge in [-0.1, -0.05) is 70.0 Å². The van der Waals surface area contributed by atoms with Crippen LogP contribution in [0, 0.1) is 0 Å². The highest BCUT2D eigenvalue weighted by molar-refractivity contribution is 9.10. The number of amides is 1. The highest BCUT2D eigenvalue weighted by atomic mass is 79.9. The largest absolute Gasteiger partial charge is 0.492 e. The van der Waals surface area contributed by atoms with E-state index in [0.29, 0.717) is 12.4 Å². The first-order valence-electron chi connectivity index (χ1n) is 10.7. The monoisotopic (exact) mass is 564 g/mol. The minimum Gasteiger partial charge on any atom is -0.492 e. The predicted molar refractivity (Wildman–Crippen MR) is 137 cm³/mol. The van der Waals surface area contributed by atoms with Crippen LogP contribution in [0.3, 0.4) is 0 Å². The number of hydrogen-bond acceptors (Lipinski definition) is 4.